The highest BCUT2D eigenvalue weighted by Gasteiger charge is 2.38. The molecule has 0 saturated carbocycles. The number of anilines is 3. The van der Waals surface area contributed by atoms with Gasteiger partial charge in [0.2, 0.25) is 0 Å². The molecule has 3 aromatic carbocycles. The van der Waals surface area contributed by atoms with Crippen LogP contribution in [-0.2, 0) is 10.0 Å². The van der Waals surface area contributed by atoms with E-state index < -0.39 is 10.0 Å². The molecule has 0 N–H and O–H groups in total. The minimum Gasteiger partial charge on any atom is -0.304 e. The third-order valence-electron chi connectivity index (χ3n) is 5.22. The lowest BCUT2D eigenvalue weighted by molar-refractivity contribution is 0.592. The lowest BCUT2D eigenvalue weighted by atomic mass is 10.2. The topological polar surface area (TPSA) is 66.4 Å². The van der Waals surface area contributed by atoms with Crippen molar-refractivity contribution < 1.29 is 8.42 Å². The van der Waals surface area contributed by atoms with Crippen molar-refractivity contribution in [3.8, 4) is 0 Å². The van der Waals surface area contributed by atoms with Gasteiger partial charge in [-0.25, -0.2) is 22.7 Å². The Hall–Kier alpha value is -3.45. The highest BCUT2D eigenvalue weighted by Crippen LogP contribution is 2.41. The molecule has 0 bridgehead atoms. The highest BCUT2D eigenvalue weighted by molar-refractivity contribution is 7.92. The number of hydrogen-bond donors (Lipinski definition) is 0. The first-order valence-corrected chi connectivity index (χ1v) is 11.1. The van der Waals surface area contributed by atoms with E-state index >= 15 is 0 Å². The fraction of sp³-hybridized carbons (Fsp3) is 0.130. The first kappa shape index (κ1) is 18.6. The number of aromatic nitrogens is 2. The highest BCUT2D eigenvalue weighted by atomic mass is 32.2. The summed E-state index contributed by atoms with van der Waals surface area (Å²) in [4.78, 5) is 11.6. The summed E-state index contributed by atoms with van der Waals surface area (Å²) in [5.41, 5.74) is 4.35. The van der Waals surface area contributed by atoms with Crippen molar-refractivity contribution in [1.82, 2.24) is 9.97 Å². The number of hydrogen-bond acceptors (Lipinski definition) is 5. The van der Waals surface area contributed by atoms with Crippen LogP contribution in [0.4, 0.5) is 17.3 Å². The van der Waals surface area contributed by atoms with E-state index in [-0.39, 0.29) is 11.6 Å². The molecule has 0 unspecified atom stereocenters. The van der Waals surface area contributed by atoms with Crippen LogP contribution in [0.2, 0.25) is 0 Å². The van der Waals surface area contributed by atoms with Gasteiger partial charge in [-0.05, 0) is 55.8 Å². The average molecular weight is 417 g/mol. The fourth-order valence-electron chi connectivity index (χ4n) is 3.62. The summed E-state index contributed by atoms with van der Waals surface area (Å²) >= 11 is 0. The van der Waals surface area contributed by atoms with Crippen LogP contribution >= 0.6 is 0 Å². The summed E-state index contributed by atoms with van der Waals surface area (Å²) in [6, 6.07) is 22.3. The van der Waals surface area contributed by atoms with Gasteiger partial charge >= 0.3 is 0 Å². The van der Waals surface area contributed by atoms with Gasteiger partial charge in [0.15, 0.2) is 11.6 Å². The zero-order valence-electron chi connectivity index (χ0n) is 16.6. The predicted molar refractivity (Wildman–Crippen MR) is 119 cm³/mol. The third kappa shape index (κ3) is 2.98. The van der Waals surface area contributed by atoms with E-state index in [0.29, 0.717) is 17.2 Å². The van der Waals surface area contributed by atoms with Crippen molar-refractivity contribution >= 4 is 38.4 Å². The van der Waals surface area contributed by atoms with Crippen LogP contribution in [0.5, 0.6) is 0 Å². The maximum atomic E-state index is 13.5. The second kappa shape index (κ2) is 6.81. The van der Waals surface area contributed by atoms with Crippen LogP contribution in [0.1, 0.15) is 11.1 Å². The lowest BCUT2D eigenvalue weighted by Crippen LogP contribution is -2.34. The molecule has 5 rings (SSSR count). The van der Waals surface area contributed by atoms with E-state index in [9.17, 15) is 8.42 Å². The number of aryl methyl sites for hydroxylation is 2. The Kier molecular flexibility index (Phi) is 4.22. The van der Waals surface area contributed by atoms with E-state index in [1.807, 2.05) is 67.3 Å². The third-order valence-corrected chi connectivity index (χ3v) is 6.96. The largest absolute Gasteiger partial charge is 0.304 e. The van der Waals surface area contributed by atoms with Crippen LogP contribution in [0, 0.1) is 13.8 Å². The van der Waals surface area contributed by atoms with Crippen molar-refractivity contribution in [1.29, 1.82) is 0 Å². The first-order valence-electron chi connectivity index (χ1n) is 9.64. The summed E-state index contributed by atoms with van der Waals surface area (Å²) in [6.45, 7) is 4.05. The van der Waals surface area contributed by atoms with Gasteiger partial charge in [0.05, 0.1) is 15.9 Å². The number of benzene rings is 3. The molecule has 0 fully saturated rings. The zero-order chi connectivity index (χ0) is 20.9. The van der Waals surface area contributed by atoms with Crippen molar-refractivity contribution in [2.45, 2.75) is 18.7 Å². The van der Waals surface area contributed by atoms with E-state index in [4.69, 9.17) is 4.98 Å². The van der Waals surface area contributed by atoms with Crippen LogP contribution in [-0.4, -0.2) is 25.1 Å². The zero-order valence-corrected chi connectivity index (χ0v) is 17.5. The summed E-state index contributed by atoms with van der Waals surface area (Å²) in [5, 5.41) is 0. The molecule has 6 nitrogen and oxygen atoms in total. The van der Waals surface area contributed by atoms with Crippen molar-refractivity contribution in [3.63, 3.8) is 0 Å². The van der Waals surface area contributed by atoms with Crippen molar-refractivity contribution in [3.05, 3.63) is 83.9 Å². The van der Waals surface area contributed by atoms with E-state index in [0.717, 1.165) is 22.3 Å². The molecular weight excluding hydrogens is 396 g/mol. The Labute approximate surface area is 175 Å². The molecule has 7 heteroatoms. The minimum atomic E-state index is -3.80. The Morgan fingerprint density at radius 2 is 1.43 bits per heavy atom. The Balaban J connectivity index is 1.71. The van der Waals surface area contributed by atoms with Crippen LogP contribution < -0.4 is 9.21 Å². The van der Waals surface area contributed by atoms with Gasteiger partial charge in [-0.15, -0.1) is 0 Å². The molecule has 4 aromatic rings. The average Bonchev–Trinajstić information content (AvgIpc) is 3.11. The molecule has 0 atom stereocenters. The van der Waals surface area contributed by atoms with Gasteiger partial charge in [-0.1, -0.05) is 42.0 Å². The lowest BCUT2D eigenvalue weighted by Gasteiger charge is -2.21. The molecule has 0 spiro atoms. The molecule has 1 aliphatic rings. The maximum Gasteiger partial charge on any atom is 0.267 e. The Morgan fingerprint density at radius 1 is 0.767 bits per heavy atom. The first-order chi connectivity index (χ1) is 14.4. The van der Waals surface area contributed by atoms with Crippen molar-refractivity contribution in [2.24, 2.45) is 0 Å². The van der Waals surface area contributed by atoms with E-state index in [1.165, 1.54) is 4.31 Å². The quantitative estimate of drug-likeness (QED) is 0.490. The van der Waals surface area contributed by atoms with Crippen LogP contribution in [0.3, 0.4) is 0 Å². The SMILES string of the molecule is Cc1ccc(S(=O)(=O)N2CN(c3cccc(C)c3)c3nc4ccccc4nc32)cc1. The molecule has 150 valence electrons. The molecule has 0 radical (unpaired) electrons. The molecule has 0 aliphatic carbocycles. The van der Waals surface area contributed by atoms with Crippen LogP contribution in [0.25, 0.3) is 11.0 Å². The summed E-state index contributed by atoms with van der Waals surface area (Å²) in [7, 11) is -3.80. The molecule has 0 amide bonds. The Bertz CT molecular complexity index is 1370. The molecule has 2 heterocycles. The van der Waals surface area contributed by atoms with Gasteiger partial charge in [0.1, 0.15) is 6.67 Å². The predicted octanol–water partition coefficient (Wildman–Crippen LogP) is 4.55. The van der Waals surface area contributed by atoms with Gasteiger partial charge in [-0.3, -0.25) is 0 Å². The normalized spacial score (nSPS) is 13.7. The van der Waals surface area contributed by atoms with E-state index in [1.54, 1.807) is 24.3 Å². The summed E-state index contributed by atoms with van der Waals surface area (Å²) in [5.74, 6) is 0.880. The van der Waals surface area contributed by atoms with Gasteiger partial charge in [0.25, 0.3) is 10.0 Å². The van der Waals surface area contributed by atoms with E-state index in [2.05, 4.69) is 4.98 Å². The summed E-state index contributed by atoms with van der Waals surface area (Å²) < 4.78 is 28.4. The molecule has 1 aliphatic heterocycles. The molecule has 1 aromatic heterocycles. The second-order valence-corrected chi connectivity index (χ2v) is 9.30. The number of fused-ring (bicyclic) bond motifs is 2. The van der Waals surface area contributed by atoms with Gasteiger partial charge in [0, 0.05) is 5.69 Å². The second-order valence-electron chi connectivity index (χ2n) is 7.43. The number of nitrogens with zero attached hydrogens (tertiary/aromatic N) is 4. The van der Waals surface area contributed by atoms with Gasteiger partial charge < -0.3 is 4.90 Å². The maximum absolute atomic E-state index is 13.5. The summed E-state index contributed by atoms with van der Waals surface area (Å²) in [6.07, 6.45) is 0. The molecular formula is C23H20N4O2S. The molecule has 30 heavy (non-hydrogen) atoms. The standard InChI is InChI=1S/C23H20N4O2S/c1-16-10-12-19(13-11-16)30(28,29)27-15-26(18-7-5-6-17(2)14-18)22-23(27)25-21-9-4-3-8-20(21)24-22/h3-14H,15H2,1-2H3. The van der Waals surface area contributed by atoms with Crippen LogP contribution in [0.15, 0.2) is 77.7 Å². The Morgan fingerprint density at radius 3 is 2.10 bits per heavy atom. The fourth-order valence-corrected chi connectivity index (χ4v) is 4.97. The monoisotopic (exact) mass is 416 g/mol. The minimum absolute atomic E-state index is 0.116. The number of para-hydroxylation sites is 2. The smallest absolute Gasteiger partial charge is 0.267 e. The van der Waals surface area contributed by atoms with Crippen molar-refractivity contribution in [2.75, 3.05) is 15.9 Å². The molecule has 0 saturated heterocycles. The number of sulfonamides is 1. The number of rotatable bonds is 3. The van der Waals surface area contributed by atoms with Gasteiger partial charge in [-0.2, -0.15) is 0 Å².